The fraction of sp³-hybridized carbons (Fsp3) is 0.444. The molecule has 6 nitrogen and oxygen atoms in total. The number of nitrogens with zero attached hydrogens (tertiary/aromatic N) is 1. The number of hydrogen-bond donors (Lipinski definition) is 1. The van der Waals surface area contributed by atoms with Crippen LogP contribution < -0.4 is 4.72 Å². The lowest BCUT2D eigenvalue weighted by Gasteiger charge is -2.32. The minimum atomic E-state index is -2.41. The molecule has 144 valence electrons. The fourth-order valence-electron chi connectivity index (χ4n) is 2.43. The smallest absolute Gasteiger partial charge is 0.191 e. The van der Waals surface area contributed by atoms with E-state index in [4.69, 9.17) is 13.3 Å². The first kappa shape index (κ1) is 20.8. The van der Waals surface area contributed by atoms with Gasteiger partial charge in [-0.25, -0.2) is 8.91 Å². The molecule has 26 heavy (non-hydrogen) atoms. The molecule has 0 saturated heterocycles. The van der Waals surface area contributed by atoms with E-state index in [1.54, 1.807) is 19.9 Å². The van der Waals surface area contributed by atoms with Crippen LogP contribution in [0.15, 0.2) is 39.8 Å². The van der Waals surface area contributed by atoms with Crippen LogP contribution in [0, 0.1) is 6.92 Å². The number of unbranched alkanes of at least 4 members (excludes halogenated alkanes) is 2. The Morgan fingerprint density at radius 1 is 1.31 bits per heavy atom. The minimum absolute atomic E-state index is 0.189. The molecule has 1 aromatic heterocycles. The second-order valence-electron chi connectivity index (χ2n) is 5.94. The molecule has 0 radical (unpaired) electrons. The molecule has 1 unspecified atom stereocenters. The van der Waals surface area contributed by atoms with Gasteiger partial charge in [-0.3, -0.25) is 4.79 Å². The molecular formula is C18H27N2O4S2+. The number of anilines is 1. The first-order chi connectivity index (χ1) is 12.4. The van der Waals surface area contributed by atoms with Gasteiger partial charge in [0.15, 0.2) is 10.9 Å². The summed E-state index contributed by atoms with van der Waals surface area (Å²) in [4.78, 5) is 11.7. The average Bonchev–Trinajstić information content (AvgIpc) is 3.02. The highest BCUT2D eigenvalue weighted by Crippen LogP contribution is 2.51. The number of aromatic nitrogens is 1. The van der Waals surface area contributed by atoms with Gasteiger partial charge in [0.05, 0.1) is 7.11 Å². The van der Waals surface area contributed by atoms with Gasteiger partial charge in [-0.05, 0) is 43.9 Å². The summed E-state index contributed by atoms with van der Waals surface area (Å²) in [7, 11) is -0.887. The number of thioether (sulfide) groups is 1. The lowest BCUT2D eigenvalue weighted by molar-refractivity contribution is -0.109. The Labute approximate surface area is 160 Å². The van der Waals surface area contributed by atoms with Crippen molar-refractivity contribution in [2.45, 2.75) is 44.4 Å². The van der Waals surface area contributed by atoms with E-state index in [2.05, 4.69) is 9.88 Å². The van der Waals surface area contributed by atoms with Crippen LogP contribution in [-0.2, 0) is 15.4 Å². The lowest BCUT2D eigenvalue weighted by Crippen LogP contribution is -2.12. The minimum Gasteiger partial charge on any atom is -0.359 e. The molecule has 0 spiro atoms. The van der Waals surface area contributed by atoms with Crippen molar-refractivity contribution in [2.75, 3.05) is 17.6 Å². The van der Waals surface area contributed by atoms with Gasteiger partial charge in [0.1, 0.15) is 10.7 Å². The lowest BCUT2D eigenvalue weighted by atomic mass is 10.1. The Morgan fingerprint density at radius 2 is 2.04 bits per heavy atom. The zero-order valence-corrected chi connectivity index (χ0v) is 17.0. The van der Waals surface area contributed by atoms with E-state index >= 15 is 0 Å². The van der Waals surface area contributed by atoms with Gasteiger partial charge in [-0.2, -0.15) is 0 Å². The van der Waals surface area contributed by atoms with Crippen molar-refractivity contribution in [3.05, 3.63) is 41.7 Å². The van der Waals surface area contributed by atoms with E-state index in [1.165, 1.54) is 24.4 Å². The predicted molar refractivity (Wildman–Crippen MR) is 108 cm³/mol. The van der Waals surface area contributed by atoms with Crippen LogP contribution >= 0.6 is 22.5 Å². The molecular weight excluding hydrogens is 372 g/mol. The summed E-state index contributed by atoms with van der Waals surface area (Å²) < 4.78 is 22.1. The maximum Gasteiger partial charge on any atom is 0.191 e. The van der Waals surface area contributed by atoms with Crippen LogP contribution in [0.2, 0.25) is 0 Å². The number of rotatable bonds is 10. The first-order valence-corrected chi connectivity index (χ1v) is 11.0. The van der Waals surface area contributed by atoms with E-state index in [0.717, 1.165) is 36.3 Å². The molecule has 0 saturated carbocycles. The van der Waals surface area contributed by atoms with E-state index in [-0.39, 0.29) is 5.12 Å². The maximum atomic E-state index is 10.9. The quantitative estimate of drug-likeness (QED) is 0.471. The van der Waals surface area contributed by atoms with Crippen molar-refractivity contribution in [2.24, 2.45) is 0 Å². The number of hydrogen-bond acceptors (Lipinski definition) is 6. The summed E-state index contributed by atoms with van der Waals surface area (Å²) in [6.45, 7) is 3.42. The number of carbonyl (C=O) groups is 1. The van der Waals surface area contributed by atoms with Gasteiger partial charge in [0.25, 0.3) is 0 Å². The molecule has 1 aromatic carbocycles. The van der Waals surface area contributed by atoms with E-state index < -0.39 is 10.8 Å². The zero-order chi connectivity index (χ0) is 19.0. The highest BCUT2D eigenvalue weighted by atomic mass is 32.3. The van der Waals surface area contributed by atoms with Crippen molar-refractivity contribution >= 4 is 33.5 Å². The topological polar surface area (TPSA) is 87.3 Å². The third kappa shape index (κ3) is 6.35. The van der Waals surface area contributed by atoms with E-state index in [0.29, 0.717) is 11.6 Å². The number of carbonyl (C=O) groups excluding carboxylic acids is 1. The third-order valence-electron chi connectivity index (χ3n) is 3.80. The van der Waals surface area contributed by atoms with Crippen LogP contribution in [0.5, 0.6) is 0 Å². The van der Waals surface area contributed by atoms with Crippen LogP contribution in [0.25, 0.3) is 0 Å². The molecule has 0 bridgehead atoms. The first-order valence-electron chi connectivity index (χ1n) is 8.50. The molecule has 0 aliphatic carbocycles. The zero-order valence-electron chi connectivity index (χ0n) is 15.4. The second-order valence-corrected chi connectivity index (χ2v) is 9.34. The normalized spacial score (nSPS) is 14.6. The number of aryl methyl sites for hydroxylation is 2. The van der Waals surface area contributed by atoms with Gasteiger partial charge in [-0.1, -0.05) is 35.5 Å². The molecule has 1 atom stereocenters. The van der Waals surface area contributed by atoms with Crippen molar-refractivity contribution in [3.8, 4) is 0 Å². The summed E-state index contributed by atoms with van der Waals surface area (Å²) in [6, 6.07) is 9.71. The second kappa shape index (κ2) is 10.0. The Bertz CT molecular complexity index is 705. The summed E-state index contributed by atoms with van der Waals surface area (Å²) in [5.41, 5.74) is 1.24. The fourth-order valence-corrected chi connectivity index (χ4v) is 4.37. The van der Waals surface area contributed by atoms with Gasteiger partial charge in [-0.15, -0.1) is 0 Å². The van der Waals surface area contributed by atoms with Crippen LogP contribution in [0.3, 0.4) is 0 Å². The molecule has 3 N–H and O–H groups in total. The maximum absolute atomic E-state index is 10.9. The van der Waals surface area contributed by atoms with Crippen molar-refractivity contribution in [1.82, 2.24) is 5.16 Å². The molecule has 2 rings (SSSR count). The summed E-state index contributed by atoms with van der Waals surface area (Å²) in [5, 5.41) is 4.07. The standard InChI is InChI=1S/C18H26N2O4S2/c1-14-13-18(19-24-14)20-26(22,23-3)17-10-8-16(9-11-17)7-5-4-6-12-25-15(2)21/h8-11,13,22H,4-7,12H2,1-3H3,(H,19,20)/p+1. The van der Waals surface area contributed by atoms with Gasteiger partial charge in [0.2, 0.25) is 0 Å². The van der Waals surface area contributed by atoms with E-state index in [1.807, 2.05) is 24.3 Å². The van der Waals surface area contributed by atoms with Crippen LogP contribution in [0.1, 0.15) is 37.5 Å². The molecule has 0 amide bonds. The molecule has 8 heteroatoms. The number of nitrogens with one attached hydrogen (secondary N) is 1. The van der Waals surface area contributed by atoms with Crippen molar-refractivity contribution < 1.29 is 18.1 Å². The number of benzene rings is 1. The molecule has 0 aliphatic heterocycles. The molecule has 0 fully saturated rings. The van der Waals surface area contributed by atoms with Crippen molar-refractivity contribution in [3.63, 3.8) is 0 Å². The SMILES string of the molecule is COS([OH2+])(Nc1cc(C)on1)c1ccc(CCCCCSC(C)=O)cc1. The molecule has 2 aromatic rings. The summed E-state index contributed by atoms with van der Waals surface area (Å²) in [6.07, 6.45) is 4.26. The van der Waals surface area contributed by atoms with E-state index in [9.17, 15) is 4.79 Å². The Balaban J connectivity index is 1.87. The highest BCUT2D eigenvalue weighted by Gasteiger charge is 2.24. The van der Waals surface area contributed by atoms with Gasteiger partial charge < -0.3 is 9.08 Å². The monoisotopic (exact) mass is 399 g/mol. The summed E-state index contributed by atoms with van der Waals surface area (Å²) >= 11 is 1.40. The van der Waals surface area contributed by atoms with Crippen molar-refractivity contribution in [1.29, 1.82) is 0 Å². The average molecular weight is 400 g/mol. The third-order valence-corrected chi connectivity index (χ3v) is 6.63. The molecule has 0 aliphatic rings. The predicted octanol–water partition coefficient (Wildman–Crippen LogP) is 4.37. The Hall–Kier alpha value is -1.48. The summed E-state index contributed by atoms with van der Waals surface area (Å²) in [5.74, 6) is 2.09. The Morgan fingerprint density at radius 3 is 2.62 bits per heavy atom. The highest BCUT2D eigenvalue weighted by molar-refractivity contribution is 8.26. The largest absolute Gasteiger partial charge is 0.359 e. The van der Waals surface area contributed by atoms with Crippen LogP contribution in [-0.4, -0.2) is 27.7 Å². The Kier molecular flexibility index (Phi) is 8.02. The molecule has 1 heterocycles. The van der Waals surface area contributed by atoms with Crippen LogP contribution in [0.4, 0.5) is 5.82 Å². The van der Waals surface area contributed by atoms with Gasteiger partial charge >= 0.3 is 0 Å². The van der Waals surface area contributed by atoms with Gasteiger partial charge in [0, 0.05) is 29.5 Å².